The minimum absolute atomic E-state index is 0.0783. The van der Waals surface area contributed by atoms with Crippen LogP contribution in [0.2, 0.25) is 0 Å². The van der Waals surface area contributed by atoms with Crippen molar-refractivity contribution in [3.8, 4) is 5.75 Å². The van der Waals surface area contributed by atoms with Crippen LogP contribution in [0.5, 0.6) is 5.75 Å². The van der Waals surface area contributed by atoms with Gasteiger partial charge in [-0.15, -0.1) is 0 Å². The van der Waals surface area contributed by atoms with E-state index in [2.05, 4.69) is 20.9 Å². The van der Waals surface area contributed by atoms with Crippen LogP contribution >= 0.6 is 27.7 Å². The number of carbonyl (C=O) groups is 1. The largest absolute Gasteiger partial charge is 0.506 e. The summed E-state index contributed by atoms with van der Waals surface area (Å²) >= 11 is 4.68. The molecule has 0 radical (unpaired) electrons. The van der Waals surface area contributed by atoms with Gasteiger partial charge in [-0.25, -0.2) is 9.79 Å². The Balaban J connectivity index is 2.02. The maximum atomic E-state index is 12.4. The van der Waals surface area contributed by atoms with Crippen LogP contribution in [0.25, 0.3) is 6.08 Å². The number of thioether (sulfide) groups is 1. The molecule has 0 amide bonds. The fourth-order valence-corrected chi connectivity index (χ4v) is 4.13. The molecule has 0 bridgehead atoms. The van der Waals surface area contributed by atoms with Gasteiger partial charge >= 0.3 is 5.97 Å². The highest BCUT2D eigenvalue weighted by atomic mass is 79.9. The smallest absolute Gasteiger partial charge is 0.344 e. The highest BCUT2D eigenvalue weighted by Gasteiger charge is 2.33. The molecule has 5 nitrogen and oxygen atoms in total. The summed E-state index contributed by atoms with van der Waals surface area (Å²) in [5.74, 6) is -0.0221. The number of rotatable bonds is 5. The number of esters is 1. The quantitative estimate of drug-likeness (QED) is 0.584. The Morgan fingerprint density at radius 2 is 2.00 bits per heavy atom. The number of aliphatic imine (C=N–C) groups is 1. The van der Waals surface area contributed by atoms with Crippen molar-refractivity contribution < 1.29 is 19.4 Å². The lowest BCUT2D eigenvalue weighted by atomic mass is 10.1. The molecule has 1 aliphatic heterocycles. The Morgan fingerprint density at radius 1 is 1.25 bits per heavy atom. The summed E-state index contributed by atoms with van der Waals surface area (Å²) in [4.78, 5) is 17.5. The Labute approximate surface area is 175 Å². The maximum absolute atomic E-state index is 12.4. The van der Waals surface area contributed by atoms with E-state index in [0.29, 0.717) is 21.4 Å². The normalized spacial score (nSPS) is 16.7. The number of para-hydroxylation sites is 1. The van der Waals surface area contributed by atoms with E-state index in [9.17, 15) is 9.90 Å². The molecule has 3 rings (SSSR count). The zero-order chi connectivity index (χ0) is 20.1. The summed E-state index contributed by atoms with van der Waals surface area (Å²) in [6.45, 7) is 1.93. The van der Waals surface area contributed by atoms with Gasteiger partial charge < -0.3 is 14.6 Å². The van der Waals surface area contributed by atoms with E-state index in [1.165, 1.54) is 11.8 Å². The van der Waals surface area contributed by atoms with Crippen LogP contribution < -0.4 is 4.74 Å². The molecule has 2 aromatic rings. The van der Waals surface area contributed by atoms with E-state index in [1.807, 2.05) is 48.5 Å². The first-order chi connectivity index (χ1) is 13.5. The fourth-order valence-electron chi connectivity index (χ4n) is 2.54. The van der Waals surface area contributed by atoms with Gasteiger partial charge in [-0.05, 0) is 58.8 Å². The minimum atomic E-state index is -0.596. The molecule has 28 heavy (non-hydrogen) atoms. The molecule has 0 spiro atoms. The van der Waals surface area contributed by atoms with Crippen LogP contribution in [0.4, 0.5) is 5.69 Å². The van der Waals surface area contributed by atoms with Gasteiger partial charge in [0, 0.05) is 0 Å². The Bertz CT molecular complexity index is 983. The number of hydrogen-bond acceptors (Lipinski definition) is 6. The second kappa shape index (κ2) is 9.12. The Kier molecular flexibility index (Phi) is 6.59. The molecule has 1 aliphatic rings. The van der Waals surface area contributed by atoms with Crippen LogP contribution in [0.15, 0.2) is 74.2 Å². The van der Waals surface area contributed by atoms with Crippen LogP contribution in [-0.2, 0) is 9.53 Å². The molecule has 2 aromatic carbocycles. The molecule has 0 fully saturated rings. The molecule has 7 heteroatoms. The molecule has 0 unspecified atom stereocenters. The molecule has 0 saturated heterocycles. The number of benzene rings is 2. The lowest BCUT2D eigenvalue weighted by Crippen LogP contribution is -2.12. The Morgan fingerprint density at radius 3 is 2.64 bits per heavy atom. The number of nitrogens with zero attached hydrogens (tertiary/aromatic N) is 1. The predicted octanol–water partition coefficient (Wildman–Crippen LogP) is 5.65. The number of hydrogen-bond donors (Lipinski definition) is 1. The second-order valence-electron chi connectivity index (χ2n) is 5.70. The second-order valence-corrected chi connectivity index (χ2v) is 7.59. The van der Waals surface area contributed by atoms with E-state index in [0.717, 1.165) is 10.0 Å². The van der Waals surface area contributed by atoms with Crippen molar-refractivity contribution in [1.82, 2.24) is 0 Å². The third-order valence-electron chi connectivity index (χ3n) is 3.83. The van der Waals surface area contributed by atoms with Crippen molar-refractivity contribution in [2.75, 3.05) is 13.7 Å². The molecule has 0 aliphatic carbocycles. The lowest BCUT2D eigenvalue weighted by molar-refractivity contribution is -0.138. The van der Waals surface area contributed by atoms with Crippen LogP contribution in [0.3, 0.4) is 0 Å². The van der Waals surface area contributed by atoms with Crippen molar-refractivity contribution in [2.45, 2.75) is 6.92 Å². The molecule has 0 saturated carbocycles. The van der Waals surface area contributed by atoms with E-state index in [1.54, 1.807) is 20.1 Å². The van der Waals surface area contributed by atoms with Gasteiger partial charge in [0.05, 0.1) is 28.8 Å². The van der Waals surface area contributed by atoms with Crippen molar-refractivity contribution in [3.05, 3.63) is 74.8 Å². The average Bonchev–Trinajstić information content (AvgIpc) is 2.98. The average molecular weight is 460 g/mol. The zero-order valence-electron chi connectivity index (χ0n) is 15.3. The van der Waals surface area contributed by atoms with Crippen molar-refractivity contribution >= 4 is 50.5 Å². The first-order valence-electron chi connectivity index (χ1n) is 8.51. The molecule has 1 N–H and O–H groups in total. The van der Waals surface area contributed by atoms with Crippen LogP contribution in [0.1, 0.15) is 12.5 Å². The summed E-state index contributed by atoms with van der Waals surface area (Å²) < 4.78 is 11.1. The van der Waals surface area contributed by atoms with Gasteiger partial charge in [0.1, 0.15) is 22.1 Å². The summed E-state index contributed by atoms with van der Waals surface area (Å²) in [5, 5.41) is 11.1. The monoisotopic (exact) mass is 459 g/mol. The molecule has 1 heterocycles. The molecule has 144 valence electrons. The highest BCUT2D eigenvalue weighted by Crippen LogP contribution is 2.40. The molecular weight excluding hydrogens is 442 g/mol. The predicted molar refractivity (Wildman–Crippen MR) is 116 cm³/mol. The first kappa shape index (κ1) is 20.2. The van der Waals surface area contributed by atoms with Crippen molar-refractivity contribution in [3.63, 3.8) is 0 Å². The molecule has 0 aromatic heterocycles. The molecular formula is C21H18BrNO4S. The Hall–Kier alpha value is -2.51. The van der Waals surface area contributed by atoms with Gasteiger partial charge in [0.2, 0.25) is 0 Å². The fraction of sp³-hybridized carbons (Fsp3) is 0.143. The lowest BCUT2D eigenvalue weighted by Gasteiger charge is -2.04. The molecule has 0 atom stereocenters. The number of ether oxygens (including phenoxy) is 2. The number of aliphatic hydroxyl groups is 1. The highest BCUT2D eigenvalue weighted by molar-refractivity contribution is 9.10. The number of aliphatic hydroxyl groups excluding tert-OH is 1. The van der Waals surface area contributed by atoms with Gasteiger partial charge in [-0.1, -0.05) is 36.0 Å². The zero-order valence-corrected chi connectivity index (χ0v) is 17.7. The summed E-state index contributed by atoms with van der Waals surface area (Å²) in [7, 11) is 1.59. The van der Waals surface area contributed by atoms with E-state index in [4.69, 9.17) is 9.47 Å². The van der Waals surface area contributed by atoms with Gasteiger partial charge in [0.25, 0.3) is 0 Å². The van der Waals surface area contributed by atoms with E-state index >= 15 is 0 Å². The van der Waals surface area contributed by atoms with Gasteiger partial charge in [-0.2, -0.15) is 0 Å². The van der Waals surface area contributed by atoms with Crippen molar-refractivity contribution in [1.29, 1.82) is 0 Å². The summed E-state index contributed by atoms with van der Waals surface area (Å²) in [5.41, 5.74) is 1.61. The van der Waals surface area contributed by atoms with Gasteiger partial charge in [0.15, 0.2) is 0 Å². The van der Waals surface area contributed by atoms with E-state index < -0.39 is 5.97 Å². The van der Waals surface area contributed by atoms with E-state index in [-0.39, 0.29) is 17.9 Å². The van der Waals surface area contributed by atoms with Crippen molar-refractivity contribution in [2.24, 2.45) is 4.99 Å². The standard InChI is InChI=1S/C21H18BrNO4S/c1-3-27-21(25)18-19(24)17(12-13-9-10-16(26-2)15(22)11-13)28-20(18)23-14-7-5-4-6-8-14/h4-12,24H,3H2,1-2H3/b17-12+,23-20?. The van der Waals surface area contributed by atoms with Gasteiger partial charge in [-0.3, -0.25) is 0 Å². The summed E-state index contributed by atoms with van der Waals surface area (Å²) in [6.07, 6.45) is 1.79. The third kappa shape index (κ3) is 4.48. The maximum Gasteiger partial charge on any atom is 0.344 e. The minimum Gasteiger partial charge on any atom is -0.506 e. The van der Waals surface area contributed by atoms with Crippen LogP contribution in [0, 0.1) is 0 Å². The third-order valence-corrected chi connectivity index (χ3v) is 5.47. The number of halogens is 1. The summed E-state index contributed by atoms with van der Waals surface area (Å²) in [6, 6.07) is 14.8. The number of carbonyl (C=O) groups excluding carboxylic acids is 1. The first-order valence-corrected chi connectivity index (χ1v) is 10.1. The number of methoxy groups -OCH3 is 1. The SMILES string of the molecule is CCOC(=O)C1=C(O)/C(=C\c2ccc(OC)c(Br)c2)SC1=Nc1ccccc1. The topological polar surface area (TPSA) is 68.1 Å². The van der Waals surface area contributed by atoms with Crippen LogP contribution in [-0.4, -0.2) is 29.8 Å².